The number of carbonyl (C=O) groups is 1. The SMILES string of the molecule is CCCCC(=O)C1=CCC(Cl)C(Cl)C1. The molecule has 1 nitrogen and oxygen atoms in total. The standard InChI is InChI=1S/C11H16Cl2O/c1-2-3-4-11(14)8-5-6-9(12)10(13)7-8/h5,9-10H,2-4,6-7H2,1H3. The smallest absolute Gasteiger partial charge is 0.158 e. The molecular formula is C11H16Cl2O. The summed E-state index contributed by atoms with van der Waals surface area (Å²) in [6, 6.07) is 0. The van der Waals surface area contributed by atoms with E-state index < -0.39 is 0 Å². The lowest BCUT2D eigenvalue weighted by atomic mass is 9.93. The summed E-state index contributed by atoms with van der Waals surface area (Å²) in [6.45, 7) is 2.08. The molecule has 0 spiro atoms. The van der Waals surface area contributed by atoms with Gasteiger partial charge in [0.05, 0.1) is 10.8 Å². The van der Waals surface area contributed by atoms with Crippen LogP contribution < -0.4 is 0 Å². The number of rotatable bonds is 4. The van der Waals surface area contributed by atoms with E-state index in [4.69, 9.17) is 23.2 Å². The number of alkyl halides is 2. The highest BCUT2D eigenvalue weighted by Gasteiger charge is 2.24. The monoisotopic (exact) mass is 234 g/mol. The van der Waals surface area contributed by atoms with Crippen LogP contribution in [0.5, 0.6) is 0 Å². The fraction of sp³-hybridized carbons (Fsp3) is 0.727. The Kier molecular flexibility index (Phi) is 4.97. The fourth-order valence-corrected chi connectivity index (χ4v) is 2.00. The van der Waals surface area contributed by atoms with Gasteiger partial charge in [-0.25, -0.2) is 0 Å². The summed E-state index contributed by atoms with van der Waals surface area (Å²) in [4.78, 5) is 11.6. The molecule has 2 unspecified atom stereocenters. The average molecular weight is 235 g/mol. The minimum absolute atomic E-state index is 0.0145. The number of allylic oxidation sites excluding steroid dienone is 2. The summed E-state index contributed by atoms with van der Waals surface area (Å²) >= 11 is 12.0. The lowest BCUT2D eigenvalue weighted by Crippen LogP contribution is -2.22. The summed E-state index contributed by atoms with van der Waals surface area (Å²) in [5.74, 6) is 0.251. The molecule has 1 aliphatic carbocycles. The Bertz CT molecular complexity index is 235. The van der Waals surface area contributed by atoms with Crippen molar-refractivity contribution in [2.24, 2.45) is 0 Å². The molecule has 0 heterocycles. The fourth-order valence-electron chi connectivity index (χ4n) is 1.55. The van der Waals surface area contributed by atoms with Crippen LogP contribution in [0.4, 0.5) is 0 Å². The van der Waals surface area contributed by atoms with Crippen molar-refractivity contribution < 1.29 is 4.79 Å². The molecular weight excluding hydrogens is 219 g/mol. The number of Topliss-reactive ketones (excluding diaryl/α,β-unsaturated/α-hetero) is 1. The first-order chi connectivity index (χ1) is 6.65. The summed E-state index contributed by atoms with van der Waals surface area (Å²) in [5.41, 5.74) is 0.885. The van der Waals surface area contributed by atoms with Crippen LogP contribution in [0.25, 0.3) is 0 Å². The quantitative estimate of drug-likeness (QED) is 0.679. The van der Waals surface area contributed by atoms with E-state index >= 15 is 0 Å². The summed E-state index contributed by atoms with van der Waals surface area (Å²) in [6.07, 6.45) is 5.99. The topological polar surface area (TPSA) is 17.1 Å². The van der Waals surface area contributed by atoms with E-state index in [0.717, 1.165) is 24.8 Å². The molecule has 0 amide bonds. The van der Waals surface area contributed by atoms with E-state index in [-0.39, 0.29) is 16.5 Å². The van der Waals surface area contributed by atoms with Crippen LogP contribution in [0.1, 0.15) is 39.0 Å². The first-order valence-corrected chi connectivity index (χ1v) is 6.02. The summed E-state index contributed by atoms with van der Waals surface area (Å²) in [7, 11) is 0. The average Bonchev–Trinajstić information content (AvgIpc) is 2.18. The van der Waals surface area contributed by atoms with Crippen molar-refractivity contribution in [1.82, 2.24) is 0 Å². The molecule has 3 heteroatoms. The zero-order valence-electron chi connectivity index (χ0n) is 8.43. The van der Waals surface area contributed by atoms with Crippen molar-refractivity contribution in [3.63, 3.8) is 0 Å². The second kappa shape index (κ2) is 5.77. The highest BCUT2D eigenvalue weighted by molar-refractivity contribution is 6.30. The lowest BCUT2D eigenvalue weighted by molar-refractivity contribution is -0.115. The van der Waals surface area contributed by atoms with Crippen molar-refractivity contribution in [2.75, 3.05) is 0 Å². The third-order valence-corrected chi connectivity index (χ3v) is 3.58. The molecule has 0 saturated carbocycles. The van der Waals surface area contributed by atoms with E-state index in [0.29, 0.717) is 12.8 Å². The molecule has 0 aliphatic heterocycles. The van der Waals surface area contributed by atoms with E-state index in [1.54, 1.807) is 0 Å². The minimum atomic E-state index is -0.0813. The van der Waals surface area contributed by atoms with Gasteiger partial charge in [0.25, 0.3) is 0 Å². The van der Waals surface area contributed by atoms with E-state index in [1.807, 2.05) is 6.08 Å². The molecule has 0 saturated heterocycles. The molecule has 14 heavy (non-hydrogen) atoms. The zero-order chi connectivity index (χ0) is 10.6. The maximum Gasteiger partial charge on any atom is 0.158 e. The van der Waals surface area contributed by atoms with E-state index in [2.05, 4.69) is 6.92 Å². The van der Waals surface area contributed by atoms with Crippen LogP contribution in [-0.4, -0.2) is 16.5 Å². The third kappa shape index (κ3) is 3.29. The predicted octanol–water partition coefficient (Wildman–Crippen LogP) is 3.68. The van der Waals surface area contributed by atoms with Crippen molar-refractivity contribution in [3.05, 3.63) is 11.6 Å². The second-order valence-corrected chi connectivity index (χ2v) is 4.85. The Balaban J connectivity index is 2.48. The molecule has 0 aromatic heterocycles. The second-order valence-electron chi connectivity index (χ2n) is 3.73. The highest BCUT2D eigenvalue weighted by atomic mass is 35.5. The van der Waals surface area contributed by atoms with Gasteiger partial charge in [-0.15, -0.1) is 23.2 Å². The number of unbranched alkanes of at least 4 members (excludes halogenated alkanes) is 1. The molecule has 80 valence electrons. The van der Waals surface area contributed by atoms with Gasteiger partial charge in [0.1, 0.15) is 0 Å². The Morgan fingerprint density at radius 1 is 1.50 bits per heavy atom. The number of hydrogen-bond donors (Lipinski definition) is 0. The maximum atomic E-state index is 11.6. The molecule has 0 N–H and O–H groups in total. The van der Waals surface area contributed by atoms with Crippen LogP contribution in [-0.2, 0) is 4.79 Å². The zero-order valence-corrected chi connectivity index (χ0v) is 9.94. The molecule has 0 fully saturated rings. The number of halogens is 2. The van der Waals surface area contributed by atoms with Gasteiger partial charge in [0.2, 0.25) is 0 Å². The van der Waals surface area contributed by atoms with Gasteiger partial charge < -0.3 is 0 Å². The van der Waals surface area contributed by atoms with Crippen molar-refractivity contribution in [2.45, 2.75) is 49.8 Å². The van der Waals surface area contributed by atoms with Crippen LogP contribution in [0.3, 0.4) is 0 Å². The van der Waals surface area contributed by atoms with Gasteiger partial charge in [-0.2, -0.15) is 0 Å². The molecule has 0 bridgehead atoms. The van der Waals surface area contributed by atoms with Crippen molar-refractivity contribution in [3.8, 4) is 0 Å². The molecule has 0 aromatic rings. The number of carbonyl (C=O) groups excluding carboxylic acids is 1. The van der Waals surface area contributed by atoms with Gasteiger partial charge in [-0.3, -0.25) is 4.79 Å². The highest BCUT2D eigenvalue weighted by Crippen LogP contribution is 2.28. The Labute approximate surface area is 95.5 Å². The van der Waals surface area contributed by atoms with Crippen LogP contribution in [0, 0.1) is 0 Å². The van der Waals surface area contributed by atoms with Gasteiger partial charge in [-0.1, -0.05) is 19.4 Å². The van der Waals surface area contributed by atoms with Gasteiger partial charge in [-0.05, 0) is 24.8 Å². The molecule has 1 rings (SSSR count). The Hall–Kier alpha value is -0.0100. The number of ketones is 1. The molecule has 1 aliphatic rings. The maximum absolute atomic E-state index is 11.6. The van der Waals surface area contributed by atoms with Gasteiger partial charge in [0.15, 0.2) is 5.78 Å². The van der Waals surface area contributed by atoms with Crippen LogP contribution in [0.2, 0.25) is 0 Å². The first kappa shape index (κ1) is 12.1. The summed E-state index contributed by atoms with van der Waals surface area (Å²) < 4.78 is 0. The van der Waals surface area contributed by atoms with Crippen molar-refractivity contribution >= 4 is 29.0 Å². The Morgan fingerprint density at radius 3 is 2.79 bits per heavy atom. The Morgan fingerprint density at radius 2 is 2.21 bits per heavy atom. The van der Waals surface area contributed by atoms with Crippen LogP contribution in [0.15, 0.2) is 11.6 Å². The molecule has 0 aromatic carbocycles. The van der Waals surface area contributed by atoms with E-state index in [9.17, 15) is 4.79 Å². The normalized spacial score (nSPS) is 27.2. The largest absolute Gasteiger partial charge is 0.295 e. The molecule has 0 radical (unpaired) electrons. The third-order valence-electron chi connectivity index (χ3n) is 2.51. The molecule has 2 atom stereocenters. The predicted molar refractivity (Wildman–Crippen MR) is 61.1 cm³/mol. The number of hydrogen-bond acceptors (Lipinski definition) is 1. The van der Waals surface area contributed by atoms with Crippen molar-refractivity contribution in [1.29, 1.82) is 0 Å². The lowest BCUT2D eigenvalue weighted by Gasteiger charge is -2.21. The van der Waals surface area contributed by atoms with Gasteiger partial charge in [0, 0.05) is 6.42 Å². The van der Waals surface area contributed by atoms with E-state index in [1.165, 1.54) is 0 Å². The summed E-state index contributed by atoms with van der Waals surface area (Å²) in [5, 5.41) is -0.0957. The minimum Gasteiger partial charge on any atom is -0.295 e. The van der Waals surface area contributed by atoms with Crippen LogP contribution >= 0.6 is 23.2 Å². The van der Waals surface area contributed by atoms with Gasteiger partial charge >= 0.3 is 0 Å². The first-order valence-electron chi connectivity index (χ1n) is 5.15.